The van der Waals surface area contributed by atoms with Crippen molar-refractivity contribution in [3.63, 3.8) is 0 Å². The molecule has 0 unspecified atom stereocenters. The van der Waals surface area contributed by atoms with E-state index >= 15 is 0 Å². The first-order valence-electron chi connectivity index (χ1n) is 18.0. The predicted molar refractivity (Wildman–Crippen MR) is 213 cm³/mol. The number of rotatable bonds is 16. The number of nitrogens with zero attached hydrogens (tertiary/aromatic N) is 1. The molecule has 0 bridgehead atoms. The van der Waals surface area contributed by atoms with Gasteiger partial charge in [0, 0.05) is 97.8 Å². The maximum Gasteiger partial charge on any atom is 0.414 e. The molecule has 0 aliphatic rings. The number of Topliss-reactive ketones (excluding diaryl/α,β-unsaturated/α-hetero) is 2. The number of carbonyl (C=O) groups excluding carboxylic acids is 6. The number of amides is 3. The molecular weight excluding hydrogens is 764 g/mol. The van der Waals surface area contributed by atoms with Crippen molar-refractivity contribution in [3.8, 4) is 11.5 Å². The monoisotopic (exact) mass is 812 g/mol. The summed E-state index contributed by atoms with van der Waals surface area (Å²) in [6.07, 6.45) is 1.62. The first-order chi connectivity index (χ1) is 26.8. The highest BCUT2D eigenvalue weighted by molar-refractivity contribution is 6.61. The van der Waals surface area contributed by atoms with Gasteiger partial charge in [0.15, 0.2) is 0 Å². The summed E-state index contributed by atoms with van der Waals surface area (Å²) in [5.74, 6) is -1.03. The van der Waals surface area contributed by atoms with Crippen molar-refractivity contribution >= 4 is 68.4 Å². The third kappa shape index (κ3) is 16.8. The Morgan fingerprint density at radius 3 is 1.60 bits per heavy atom. The van der Waals surface area contributed by atoms with Crippen molar-refractivity contribution in [2.45, 2.75) is 66.2 Å². The van der Waals surface area contributed by atoms with Crippen LogP contribution in [0.25, 0.3) is 21.9 Å². The lowest BCUT2D eigenvalue weighted by molar-refractivity contribution is -0.127. The molecule has 3 amide bonds. The molecule has 4 aromatic rings. The highest BCUT2D eigenvalue weighted by Crippen LogP contribution is 2.24. The fourth-order valence-electron chi connectivity index (χ4n) is 5.35. The van der Waals surface area contributed by atoms with Crippen molar-refractivity contribution in [3.05, 3.63) is 80.5 Å². The van der Waals surface area contributed by atoms with Gasteiger partial charge in [0.05, 0.1) is 0 Å². The maximum atomic E-state index is 12.2. The number of primary amides is 2. The van der Waals surface area contributed by atoms with E-state index in [1.54, 1.807) is 59.0 Å². The van der Waals surface area contributed by atoms with Gasteiger partial charge in [-0.1, -0.05) is 13.8 Å². The molecule has 2 aromatic carbocycles. The fourth-order valence-corrected chi connectivity index (χ4v) is 5.44. The molecule has 0 aliphatic heterocycles. The minimum Gasteiger partial charge on any atom is -0.423 e. The molecular formula is C40H49ClN4O12. The van der Waals surface area contributed by atoms with Crippen LogP contribution in [-0.4, -0.2) is 67.0 Å². The standard InChI is InChI=1S/C20H24N2O6.C11H7ClO4.C9H18N2O2/c1-12-10-19(25)28-17-11-14(6-7-15(12)17)27-20(26)22(3)8-4-5-16(23)13(2)9-18(21)24;1-6-4-10(13)16-9-5-7(15-11(12)14)2-3-8(6)9;1-7(6-9(10)13)8(12)4-3-5-11-2/h6-7,10-11,13H,4-5,8-9H2,1-3H3,(H2,21,24);2-5H,1H3;7,11H,3-6H2,1-2H3,(H2,10,13)/t13-;;7-/m1.1/s1. The predicted octanol–water partition coefficient (Wildman–Crippen LogP) is 5.30. The summed E-state index contributed by atoms with van der Waals surface area (Å²) < 4.78 is 20.1. The van der Waals surface area contributed by atoms with E-state index in [-0.39, 0.29) is 48.2 Å². The maximum absolute atomic E-state index is 12.2. The van der Waals surface area contributed by atoms with Gasteiger partial charge < -0.3 is 40.0 Å². The lowest BCUT2D eigenvalue weighted by Crippen LogP contribution is -2.31. The Balaban J connectivity index is 0.000000326. The van der Waals surface area contributed by atoms with Crippen LogP contribution in [0, 0.1) is 25.7 Å². The number of carbonyl (C=O) groups is 6. The number of hydrogen-bond acceptors (Lipinski definition) is 13. The SMILES string of the molecule is CNCCCC(=O)[C@H](C)CC(N)=O.Cc1cc(=O)oc2cc(OC(=O)Cl)ccc12.Cc1cc(=O)oc2cc(OC(=O)N(C)CCCC(=O)[C@H](C)CC(N)=O)ccc12. The quantitative estimate of drug-likeness (QED) is 0.0739. The van der Waals surface area contributed by atoms with E-state index in [1.807, 2.05) is 7.05 Å². The molecule has 0 radical (unpaired) electrons. The van der Waals surface area contributed by atoms with Crippen molar-refractivity contribution in [2.75, 3.05) is 27.2 Å². The molecule has 16 nitrogen and oxygen atoms in total. The third-order valence-corrected chi connectivity index (χ3v) is 8.52. The van der Waals surface area contributed by atoms with Gasteiger partial charge in [-0.15, -0.1) is 0 Å². The number of fused-ring (bicyclic) bond motifs is 2. The second-order valence-corrected chi connectivity index (χ2v) is 13.6. The van der Waals surface area contributed by atoms with E-state index in [0.29, 0.717) is 30.6 Å². The van der Waals surface area contributed by atoms with E-state index in [9.17, 15) is 38.4 Å². The number of nitrogens with one attached hydrogen (secondary N) is 1. The average molecular weight is 813 g/mol. The van der Waals surface area contributed by atoms with Gasteiger partial charge in [0.1, 0.15) is 34.2 Å². The van der Waals surface area contributed by atoms with Gasteiger partial charge in [-0.2, -0.15) is 0 Å². The Hall–Kier alpha value is -5.87. The highest BCUT2D eigenvalue weighted by atomic mass is 35.5. The molecule has 0 fully saturated rings. The molecule has 2 atom stereocenters. The Morgan fingerprint density at radius 1 is 0.737 bits per heavy atom. The summed E-state index contributed by atoms with van der Waals surface area (Å²) in [7, 11) is 3.41. The Labute approximate surface area is 333 Å². The van der Waals surface area contributed by atoms with Gasteiger partial charge in [0.25, 0.3) is 0 Å². The zero-order chi connectivity index (χ0) is 42.8. The Morgan fingerprint density at radius 2 is 1.18 bits per heavy atom. The van der Waals surface area contributed by atoms with E-state index < -0.39 is 40.5 Å². The van der Waals surface area contributed by atoms with E-state index in [0.717, 1.165) is 34.9 Å². The summed E-state index contributed by atoms with van der Waals surface area (Å²) >= 11 is 5.07. The number of hydrogen-bond donors (Lipinski definition) is 3. The molecule has 17 heteroatoms. The number of nitrogens with two attached hydrogens (primary N) is 2. The summed E-state index contributed by atoms with van der Waals surface area (Å²) in [5, 5.41) is 4.51. The summed E-state index contributed by atoms with van der Waals surface area (Å²) in [5.41, 5.74) is 10.5. The molecule has 308 valence electrons. The smallest absolute Gasteiger partial charge is 0.414 e. The largest absolute Gasteiger partial charge is 0.423 e. The van der Waals surface area contributed by atoms with E-state index in [4.69, 9.17) is 36.6 Å². The second kappa shape index (κ2) is 23.3. The van der Waals surface area contributed by atoms with Gasteiger partial charge in [-0.05, 0) is 75.7 Å². The summed E-state index contributed by atoms with van der Waals surface area (Å²) in [6, 6.07) is 12.3. The van der Waals surface area contributed by atoms with Crippen LogP contribution in [0.1, 0.15) is 63.5 Å². The topological polar surface area (TPSA) is 249 Å². The molecule has 0 saturated heterocycles. The highest BCUT2D eigenvalue weighted by Gasteiger charge is 2.18. The minimum atomic E-state index is -0.936. The van der Waals surface area contributed by atoms with Crippen LogP contribution in [0.4, 0.5) is 9.59 Å². The zero-order valence-corrected chi connectivity index (χ0v) is 33.6. The van der Waals surface area contributed by atoms with Crippen molar-refractivity contribution in [1.29, 1.82) is 0 Å². The van der Waals surface area contributed by atoms with Gasteiger partial charge >= 0.3 is 22.8 Å². The van der Waals surface area contributed by atoms with Crippen LogP contribution in [0.2, 0.25) is 0 Å². The zero-order valence-electron chi connectivity index (χ0n) is 32.8. The first kappa shape index (κ1) is 47.3. The molecule has 2 aromatic heterocycles. The first-order valence-corrected chi connectivity index (χ1v) is 18.3. The van der Waals surface area contributed by atoms with Crippen LogP contribution < -0.4 is 37.5 Å². The van der Waals surface area contributed by atoms with Crippen LogP contribution in [0.15, 0.2) is 67.0 Å². The van der Waals surface area contributed by atoms with Crippen molar-refractivity contribution < 1.29 is 47.1 Å². The number of ether oxygens (including phenoxy) is 2. The number of ketones is 2. The Bertz CT molecular complexity index is 2180. The molecule has 0 aliphatic carbocycles. The van der Waals surface area contributed by atoms with Gasteiger partial charge in [0.2, 0.25) is 11.8 Å². The minimum absolute atomic E-state index is 0.0221. The van der Waals surface area contributed by atoms with Crippen LogP contribution in [0.3, 0.4) is 0 Å². The van der Waals surface area contributed by atoms with Gasteiger partial charge in [-0.3, -0.25) is 19.2 Å². The molecule has 0 saturated carbocycles. The number of aryl methyl sites for hydroxylation is 2. The molecule has 57 heavy (non-hydrogen) atoms. The molecule has 5 N–H and O–H groups in total. The van der Waals surface area contributed by atoms with E-state index in [1.165, 1.54) is 29.2 Å². The van der Waals surface area contributed by atoms with E-state index in [2.05, 4.69) is 10.1 Å². The molecule has 4 rings (SSSR count). The Kier molecular flexibility index (Phi) is 19.3. The third-order valence-electron chi connectivity index (χ3n) is 8.44. The second-order valence-electron chi connectivity index (χ2n) is 13.3. The van der Waals surface area contributed by atoms with Crippen LogP contribution in [-0.2, 0) is 19.2 Å². The summed E-state index contributed by atoms with van der Waals surface area (Å²) in [4.78, 5) is 91.3. The normalized spacial score (nSPS) is 11.6. The lowest BCUT2D eigenvalue weighted by atomic mass is 9.98. The number of halogens is 1. The van der Waals surface area contributed by atoms with Crippen molar-refractivity contribution in [2.24, 2.45) is 23.3 Å². The average Bonchev–Trinajstić information content (AvgIpc) is 3.10. The molecule has 2 heterocycles. The number of benzene rings is 2. The summed E-state index contributed by atoms with van der Waals surface area (Å²) in [6.45, 7) is 8.14. The van der Waals surface area contributed by atoms with Gasteiger partial charge in [-0.25, -0.2) is 19.2 Å². The van der Waals surface area contributed by atoms with Crippen LogP contribution >= 0.6 is 11.6 Å². The van der Waals surface area contributed by atoms with Crippen molar-refractivity contribution in [1.82, 2.24) is 10.2 Å². The fraction of sp³-hybridized carbons (Fsp3) is 0.400. The molecule has 0 spiro atoms. The van der Waals surface area contributed by atoms with Crippen LogP contribution in [0.5, 0.6) is 11.5 Å². The lowest BCUT2D eigenvalue weighted by Gasteiger charge is -2.17.